The van der Waals surface area contributed by atoms with Crippen LogP contribution in [0.4, 0.5) is 0 Å². The molecule has 8 nitrogen and oxygen atoms in total. The third kappa shape index (κ3) is 3.61. The zero-order chi connectivity index (χ0) is 14.4. The summed E-state index contributed by atoms with van der Waals surface area (Å²) in [7, 11) is 0. The van der Waals surface area contributed by atoms with Crippen molar-refractivity contribution in [1.29, 1.82) is 0 Å². The summed E-state index contributed by atoms with van der Waals surface area (Å²) in [4.78, 5) is 0. The number of rotatable bonds is 8. The fraction of sp³-hybridized carbons (Fsp3) is 1.00. The molecule has 1 aliphatic heterocycles. The van der Waals surface area contributed by atoms with Gasteiger partial charge in [-0.15, -0.1) is 0 Å². The molecule has 0 aromatic rings. The molecule has 1 fully saturated rings. The van der Waals surface area contributed by atoms with Gasteiger partial charge in [-0.2, -0.15) is 0 Å². The maximum absolute atomic E-state index is 9.36. The molecule has 1 unspecified atom stereocenters. The lowest BCUT2D eigenvalue weighted by molar-refractivity contribution is -0.320. The van der Waals surface area contributed by atoms with Crippen molar-refractivity contribution in [3.63, 3.8) is 0 Å². The average molecular weight is 282 g/mol. The number of hydrogen-bond acceptors (Lipinski definition) is 8. The zero-order valence-electron chi connectivity index (χ0n) is 10.7. The molecule has 114 valence electrons. The van der Waals surface area contributed by atoms with Crippen molar-refractivity contribution in [2.24, 2.45) is 10.8 Å². The van der Waals surface area contributed by atoms with Gasteiger partial charge in [0.25, 0.3) is 0 Å². The fourth-order valence-electron chi connectivity index (χ4n) is 1.65. The van der Waals surface area contributed by atoms with E-state index in [1.807, 2.05) is 0 Å². The third-order valence-corrected chi connectivity index (χ3v) is 3.37. The average Bonchev–Trinajstić information content (AvgIpc) is 2.49. The van der Waals surface area contributed by atoms with E-state index >= 15 is 0 Å². The van der Waals surface area contributed by atoms with Gasteiger partial charge in [0.2, 0.25) is 0 Å². The number of aliphatic hydroxyl groups is 5. The molecule has 1 rings (SSSR count). The Morgan fingerprint density at radius 1 is 1.05 bits per heavy atom. The second kappa shape index (κ2) is 7.46. The second-order valence-electron chi connectivity index (χ2n) is 4.93. The maximum atomic E-state index is 9.36. The molecule has 0 aromatic heterocycles. The molecule has 0 amide bonds. The van der Waals surface area contributed by atoms with Gasteiger partial charge in [0, 0.05) is 0 Å². The topological polar surface area (TPSA) is 129 Å². The van der Waals surface area contributed by atoms with Crippen LogP contribution in [-0.4, -0.2) is 84.9 Å². The van der Waals surface area contributed by atoms with E-state index < -0.39 is 50.2 Å². The lowest BCUT2D eigenvalue weighted by Gasteiger charge is -2.41. The van der Waals surface area contributed by atoms with Gasteiger partial charge >= 0.3 is 0 Å². The Kier molecular flexibility index (Phi) is 6.57. The van der Waals surface area contributed by atoms with Crippen LogP contribution < -0.4 is 0 Å². The van der Waals surface area contributed by atoms with E-state index in [0.717, 1.165) is 0 Å². The van der Waals surface area contributed by atoms with E-state index in [0.29, 0.717) is 0 Å². The first-order chi connectivity index (χ1) is 9.12. The number of hydrogen-bond donors (Lipinski definition) is 5. The number of aliphatic hydroxyl groups excluding tert-OH is 5. The molecule has 1 saturated heterocycles. The highest BCUT2D eigenvalue weighted by atomic mass is 16.8. The van der Waals surface area contributed by atoms with Crippen molar-refractivity contribution in [2.75, 3.05) is 53.0 Å². The van der Waals surface area contributed by atoms with Gasteiger partial charge < -0.3 is 39.7 Å². The van der Waals surface area contributed by atoms with Gasteiger partial charge in [-0.1, -0.05) is 0 Å². The predicted octanol–water partition coefficient (Wildman–Crippen LogP) is -2.73. The Hall–Kier alpha value is -0.320. The van der Waals surface area contributed by atoms with Crippen LogP contribution in [0, 0.1) is 10.8 Å². The Bertz CT molecular complexity index is 243. The van der Waals surface area contributed by atoms with Crippen LogP contribution in [0.15, 0.2) is 0 Å². The lowest BCUT2D eigenvalue weighted by Crippen LogP contribution is -2.53. The van der Waals surface area contributed by atoms with E-state index in [2.05, 4.69) is 0 Å². The first-order valence-electron chi connectivity index (χ1n) is 5.97. The molecule has 0 aromatic carbocycles. The summed E-state index contributed by atoms with van der Waals surface area (Å²) >= 11 is 0. The largest absolute Gasteiger partial charge is 0.396 e. The summed E-state index contributed by atoms with van der Waals surface area (Å²) in [6.45, 7) is -2.36. The third-order valence-electron chi connectivity index (χ3n) is 3.37. The van der Waals surface area contributed by atoms with Gasteiger partial charge in [-0.3, -0.25) is 0 Å². The highest BCUT2D eigenvalue weighted by Crippen LogP contribution is 2.30. The fourth-order valence-corrected chi connectivity index (χ4v) is 1.65. The van der Waals surface area contributed by atoms with Crippen molar-refractivity contribution in [3.8, 4) is 0 Å². The van der Waals surface area contributed by atoms with E-state index in [-0.39, 0.29) is 20.0 Å². The molecule has 0 bridgehead atoms. The van der Waals surface area contributed by atoms with Crippen molar-refractivity contribution in [1.82, 2.24) is 0 Å². The van der Waals surface area contributed by atoms with Crippen LogP contribution in [0.1, 0.15) is 0 Å². The summed E-state index contributed by atoms with van der Waals surface area (Å²) in [5.41, 5.74) is -2.30. The highest BCUT2D eigenvalue weighted by Gasteiger charge is 2.44. The van der Waals surface area contributed by atoms with E-state index in [4.69, 9.17) is 14.2 Å². The minimum atomic E-state index is -1.20. The molecule has 0 saturated carbocycles. The van der Waals surface area contributed by atoms with Crippen LogP contribution in [-0.2, 0) is 14.2 Å². The normalized spacial score (nSPS) is 23.5. The van der Waals surface area contributed by atoms with Gasteiger partial charge in [0.15, 0.2) is 6.29 Å². The van der Waals surface area contributed by atoms with Crippen LogP contribution in [0.3, 0.4) is 0 Å². The van der Waals surface area contributed by atoms with Gasteiger partial charge in [0.1, 0.15) is 6.79 Å². The Balaban J connectivity index is 2.67. The smallest absolute Gasteiger partial charge is 0.172 e. The molecule has 1 heterocycles. The summed E-state index contributed by atoms with van der Waals surface area (Å²) in [6, 6.07) is 0. The van der Waals surface area contributed by atoms with Crippen LogP contribution >= 0.6 is 0 Å². The summed E-state index contributed by atoms with van der Waals surface area (Å²) < 4.78 is 15.6. The van der Waals surface area contributed by atoms with Crippen molar-refractivity contribution < 1.29 is 39.7 Å². The zero-order valence-corrected chi connectivity index (χ0v) is 10.7. The molecular formula is C11H22O8. The van der Waals surface area contributed by atoms with Crippen LogP contribution in [0.25, 0.3) is 0 Å². The summed E-state index contributed by atoms with van der Waals surface area (Å²) in [5, 5.41) is 46.3. The molecule has 0 radical (unpaired) electrons. The van der Waals surface area contributed by atoms with Gasteiger partial charge in [0.05, 0.1) is 57.1 Å². The number of ether oxygens (including phenoxy) is 3. The van der Waals surface area contributed by atoms with Crippen molar-refractivity contribution in [3.05, 3.63) is 0 Å². The molecule has 0 aliphatic carbocycles. The van der Waals surface area contributed by atoms with Gasteiger partial charge in [-0.05, 0) is 0 Å². The van der Waals surface area contributed by atoms with Crippen LogP contribution in [0.2, 0.25) is 0 Å². The highest BCUT2D eigenvalue weighted by molar-refractivity contribution is 4.85. The first-order valence-corrected chi connectivity index (χ1v) is 5.97. The SMILES string of the molecule is OCC(CO)(CO)COC1OCOCC1(CO)CO. The van der Waals surface area contributed by atoms with Gasteiger partial charge in [-0.25, -0.2) is 0 Å². The Morgan fingerprint density at radius 2 is 1.63 bits per heavy atom. The van der Waals surface area contributed by atoms with Crippen molar-refractivity contribution >= 4 is 0 Å². The standard InChI is InChI=1S/C11H22O8/c12-1-10(2-13,3-14)6-18-9-11(4-15,5-16)7-17-8-19-9/h9,12-16H,1-8H2. The quantitative estimate of drug-likeness (QED) is 0.324. The maximum Gasteiger partial charge on any atom is 0.172 e. The molecule has 19 heavy (non-hydrogen) atoms. The molecule has 1 aliphatic rings. The second-order valence-corrected chi connectivity index (χ2v) is 4.93. The first kappa shape index (κ1) is 16.7. The monoisotopic (exact) mass is 282 g/mol. The molecule has 1 atom stereocenters. The Labute approximate surface area is 111 Å². The van der Waals surface area contributed by atoms with E-state index in [1.54, 1.807) is 0 Å². The summed E-state index contributed by atoms with van der Waals surface area (Å²) in [6.07, 6.45) is -0.944. The van der Waals surface area contributed by atoms with E-state index in [9.17, 15) is 25.5 Å². The molecule has 8 heteroatoms. The molecule has 5 N–H and O–H groups in total. The van der Waals surface area contributed by atoms with Crippen LogP contribution in [0.5, 0.6) is 0 Å². The molecular weight excluding hydrogens is 260 g/mol. The minimum absolute atomic E-state index is 0.0448. The summed E-state index contributed by atoms with van der Waals surface area (Å²) in [5.74, 6) is 0. The predicted molar refractivity (Wildman–Crippen MR) is 61.9 cm³/mol. The Morgan fingerprint density at radius 3 is 2.11 bits per heavy atom. The van der Waals surface area contributed by atoms with Crippen molar-refractivity contribution in [2.45, 2.75) is 6.29 Å². The lowest BCUT2D eigenvalue weighted by atomic mass is 9.88. The molecule has 0 spiro atoms. The minimum Gasteiger partial charge on any atom is -0.396 e. The van der Waals surface area contributed by atoms with E-state index in [1.165, 1.54) is 0 Å².